The fourth-order valence-corrected chi connectivity index (χ4v) is 5.99. The van der Waals surface area contributed by atoms with Crippen LogP contribution in [0, 0.1) is 0 Å². The zero-order valence-electron chi connectivity index (χ0n) is 28.4. The number of benzene rings is 2. The van der Waals surface area contributed by atoms with E-state index in [1.807, 2.05) is 0 Å². The number of anilines is 2. The van der Waals surface area contributed by atoms with E-state index in [2.05, 4.69) is 120 Å². The third-order valence-corrected chi connectivity index (χ3v) is 8.07. The smallest absolute Gasteiger partial charge is 0.427 e. The molecular formula is C37H51BN2O4. The number of carbonyl (C=O) groups excluding carboxylic acids is 2. The van der Waals surface area contributed by atoms with Crippen LogP contribution in [0.1, 0.15) is 122 Å². The average Bonchev–Trinajstić information content (AvgIpc) is 3.39. The minimum atomic E-state index is -0.705. The molecule has 0 bridgehead atoms. The van der Waals surface area contributed by atoms with Crippen LogP contribution in [0.2, 0.25) is 0 Å². The molecule has 0 amide bonds. The summed E-state index contributed by atoms with van der Waals surface area (Å²) in [6, 6.07) is 12.8. The Labute approximate surface area is 265 Å². The molecular weight excluding hydrogens is 547 g/mol. The van der Waals surface area contributed by atoms with Crippen molar-refractivity contribution in [1.29, 1.82) is 0 Å². The first-order chi connectivity index (χ1) is 20.9. The van der Waals surface area contributed by atoms with Crippen LogP contribution in [-0.2, 0) is 19.1 Å². The van der Waals surface area contributed by atoms with Crippen molar-refractivity contribution in [1.82, 2.24) is 0 Å². The van der Waals surface area contributed by atoms with Gasteiger partial charge < -0.3 is 19.1 Å². The number of carbonyl (C=O) groups is 2. The van der Waals surface area contributed by atoms with Crippen molar-refractivity contribution in [3.63, 3.8) is 0 Å². The summed E-state index contributed by atoms with van der Waals surface area (Å²) in [5.74, 6) is -0.211. The van der Waals surface area contributed by atoms with E-state index < -0.39 is 18.9 Å². The largest absolute Gasteiger partial charge is 0.463 e. The average molecular weight is 599 g/mol. The number of nitrogens with zero attached hydrogens (tertiary/aromatic N) is 2. The molecule has 0 radical (unpaired) electrons. The fraction of sp³-hybridized carbons (Fsp3) is 0.459. The van der Waals surface area contributed by atoms with Crippen LogP contribution < -0.4 is 9.62 Å². The molecule has 6 nitrogen and oxygen atoms in total. The van der Waals surface area contributed by atoms with E-state index in [0.29, 0.717) is 0 Å². The van der Waals surface area contributed by atoms with Gasteiger partial charge in [0.05, 0.1) is 18.7 Å². The highest BCUT2D eigenvalue weighted by molar-refractivity contribution is 6.81. The van der Waals surface area contributed by atoms with Gasteiger partial charge in [0, 0.05) is 29.3 Å². The molecule has 236 valence electrons. The third-order valence-electron chi connectivity index (χ3n) is 8.07. The molecule has 0 fully saturated rings. The van der Waals surface area contributed by atoms with Crippen molar-refractivity contribution in [2.45, 2.75) is 99.3 Å². The first kappa shape index (κ1) is 34.8. The van der Waals surface area contributed by atoms with Gasteiger partial charge in [-0.05, 0) is 66.2 Å². The number of para-hydroxylation sites is 2. The van der Waals surface area contributed by atoms with Crippen LogP contribution in [-0.4, -0.2) is 32.1 Å². The summed E-state index contributed by atoms with van der Waals surface area (Å²) < 4.78 is 11.3. The van der Waals surface area contributed by atoms with Gasteiger partial charge in [-0.3, -0.25) is 0 Å². The van der Waals surface area contributed by atoms with Crippen molar-refractivity contribution in [2.24, 2.45) is 0 Å². The summed E-state index contributed by atoms with van der Waals surface area (Å²) in [6.45, 7) is 24.6. The lowest BCUT2D eigenvalue weighted by Crippen LogP contribution is -2.50. The van der Waals surface area contributed by atoms with Gasteiger partial charge in [-0.25, -0.2) is 9.59 Å². The van der Waals surface area contributed by atoms with Crippen LogP contribution in [0.15, 0.2) is 72.5 Å². The maximum Gasteiger partial charge on any atom is 0.427 e. The van der Waals surface area contributed by atoms with Gasteiger partial charge >= 0.3 is 18.9 Å². The van der Waals surface area contributed by atoms with Crippen LogP contribution in [0.5, 0.6) is 0 Å². The lowest BCUT2D eigenvalue weighted by molar-refractivity contribution is -0.141. The third kappa shape index (κ3) is 7.14. The monoisotopic (exact) mass is 598 g/mol. The van der Waals surface area contributed by atoms with Crippen LogP contribution in [0.4, 0.5) is 11.4 Å². The summed E-state index contributed by atoms with van der Waals surface area (Å²) in [7, 11) is 0. The molecule has 1 heterocycles. The summed E-state index contributed by atoms with van der Waals surface area (Å²) in [4.78, 5) is 32.1. The molecule has 3 rings (SSSR count). The second-order valence-electron chi connectivity index (χ2n) is 12.5. The van der Waals surface area contributed by atoms with Crippen LogP contribution in [0.3, 0.4) is 0 Å². The Hall–Kier alpha value is -3.74. The van der Waals surface area contributed by atoms with E-state index in [1.165, 1.54) is 22.3 Å². The van der Waals surface area contributed by atoms with Crippen molar-refractivity contribution in [3.8, 4) is 0 Å². The summed E-state index contributed by atoms with van der Waals surface area (Å²) >= 11 is 0. The Kier molecular flexibility index (Phi) is 12.1. The first-order valence-corrected chi connectivity index (χ1v) is 16.1. The highest BCUT2D eigenvalue weighted by Crippen LogP contribution is 2.44. The molecule has 0 saturated carbocycles. The Morgan fingerprint density at radius 3 is 1.39 bits per heavy atom. The molecule has 0 saturated heterocycles. The minimum absolute atomic E-state index is 0.164. The van der Waals surface area contributed by atoms with Crippen LogP contribution in [0.25, 0.3) is 0 Å². The van der Waals surface area contributed by atoms with E-state index in [0.717, 1.165) is 11.4 Å². The normalized spacial score (nSPS) is 13.8. The minimum Gasteiger partial charge on any atom is -0.463 e. The van der Waals surface area contributed by atoms with Crippen molar-refractivity contribution in [3.05, 3.63) is 94.8 Å². The lowest BCUT2D eigenvalue weighted by atomic mass is 9.60. The predicted molar refractivity (Wildman–Crippen MR) is 184 cm³/mol. The molecule has 7 heteroatoms. The van der Waals surface area contributed by atoms with Gasteiger partial charge in [-0.1, -0.05) is 97.9 Å². The molecule has 0 atom stereocenters. The summed E-state index contributed by atoms with van der Waals surface area (Å²) in [6.07, 6.45) is 5.91. The SMILES string of the molecule is C=CC/C(C(=O)OCC)=C(\B1N(c2c(C(C)C)cccc2C(C)C)C=CN1c1c(C(C)C)cccc1C(C)C)C(=O)OCC. The number of hydrogen-bond donors (Lipinski definition) is 0. The molecule has 1 aliphatic rings. The maximum absolute atomic E-state index is 14.2. The molecule has 0 unspecified atom stereocenters. The van der Waals surface area contributed by atoms with E-state index in [9.17, 15) is 9.59 Å². The molecule has 0 spiro atoms. The van der Waals surface area contributed by atoms with Gasteiger partial charge in [-0.15, -0.1) is 6.58 Å². The second-order valence-corrected chi connectivity index (χ2v) is 12.5. The summed E-state index contributed by atoms with van der Waals surface area (Å²) in [5.41, 5.74) is 7.26. The molecule has 2 aromatic carbocycles. The number of ether oxygens (including phenoxy) is 2. The van der Waals surface area contributed by atoms with Gasteiger partial charge in [0.15, 0.2) is 0 Å². The quantitative estimate of drug-likeness (QED) is 0.0993. The predicted octanol–water partition coefficient (Wildman–Crippen LogP) is 9.00. The molecule has 1 aliphatic heterocycles. The molecule has 44 heavy (non-hydrogen) atoms. The molecule has 0 N–H and O–H groups in total. The van der Waals surface area contributed by atoms with E-state index in [1.54, 1.807) is 19.9 Å². The number of rotatable bonds is 13. The zero-order chi connectivity index (χ0) is 32.7. The molecule has 0 aromatic heterocycles. The van der Waals surface area contributed by atoms with E-state index in [4.69, 9.17) is 9.47 Å². The first-order valence-electron chi connectivity index (χ1n) is 16.1. The topological polar surface area (TPSA) is 59.1 Å². The number of esters is 2. The van der Waals surface area contributed by atoms with Crippen molar-refractivity contribution in [2.75, 3.05) is 22.8 Å². The van der Waals surface area contributed by atoms with Crippen LogP contribution >= 0.6 is 0 Å². The number of hydrogen-bond acceptors (Lipinski definition) is 6. The molecule has 0 aliphatic carbocycles. The van der Waals surface area contributed by atoms with Gasteiger partial charge in [-0.2, -0.15) is 0 Å². The summed E-state index contributed by atoms with van der Waals surface area (Å²) in [5, 5.41) is 0. The second kappa shape index (κ2) is 15.3. The van der Waals surface area contributed by atoms with E-state index >= 15 is 0 Å². The molecule has 2 aromatic rings. The zero-order valence-corrected chi connectivity index (χ0v) is 28.4. The lowest BCUT2D eigenvalue weighted by Gasteiger charge is -2.37. The highest BCUT2D eigenvalue weighted by Gasteiger charge is 2.47. The fourth-order valence-electron chi connectivity index (χ4n) is 5.99. The standard InChI is InChI=1S/C37H51BN2O4/c1-12-17-32(36(41)43-13-2)33(37(42)44-14-3)38-39(34-28(24(4)5)18-15-19-29(34)25(6)7)22-23-40(38)35-30(26(8)9)20-16-21-31(35)27(10)11/h12,15-16,18-27H,1,13-14,17H2,2-11H3/b33-32+. The van der Waals surface area contributed by atoms with Crippen molar-refractivity contribution < 1.29 is 19.1 Å². The van der Waals surface area contributed by atoms with Crippen molar-refractivity contribution >= 4 is 30.3 Å². The number of allylic oxidation sites excluding steroid dienone is 1. The van der Waals surface area contributed by atoms with E-state index in [-0.39, 0.29) is 54.4 Å². The Morgan fingerprint density at radius 1 is 0.705 bits per heavy atom. The van der Waals surface area contributed by atoms with Gasteiger partial charge in [0.1, 0.15) is 0 Å². The maximum atomic E-state index is 14.2. The Bertz CT molecular complexity index is 1280. The highest BCUT2D eigenvalue weighted by atomic mass is 16.5. The Morgan fingerprint density at radius 2 is 1.07 bits per heavy atom. The van der Waals surface area contributed by atoms with Gasteiger partial charge in [0.2, 0.25) is 0 Å². The van der Waals surface area contributed by atoms with Gasteiger partial charge in [0.25, 0.3) is 0 Å². The Balaban J connectivity index is 2.55.